The molecule has 0 aliphatic carbocycles. The van der Waals surface area contributed by atoms with Gasteiger partial charge in [-0.05, 0) is 56.7 Å². The number of anilines is 1. The van der Waals surface area contributed by atoms with Crippen molar-refractivity contribution in [3.63, 3.8) is 0 Å². The number of halogens is 3. The first kappa shape index (κ1) is 24.6. The molecule has 0 spiro atoms. The molecule has 33 heavy (non-hydrogen) atoms. The number of benzene rings is 2. The highest BCUT2D eigenvalue weighted by molar-refractivity contribution is 7.15. The maximum atomic E-state index is 12.8. The molecule has 0 N–H and O–H groups in total. The van der Waals surface area contributed by atoms with Crippen LogP contribution in [0.25, 0.3) is 10.6 Å². The molecule has 1 heterocycles. The second-order valence-corrected chi connectivity index (χ2v) is 8.52. The number of hydrogen-bond acceptors (Lipinski definition) is 6. The Morgan fingerprint density at radius 1 is 1.12 bits per heavy atom. The quantitative estimate of drug-likeness (QED) is 0.371. The number of rotatable bonds is 8. The van der Waals surface area contributed by atoms with Crippen molar-refractivity contribution in [2.24, 2.45) is 0 Å². The van der Waals surface area contributed by atoms with Crippen molar-refractivity contribution in [2.75, 3.05) is 25.2 Å². The highest BCUT2D eigenvalue weighted by Crippen LogP contribution is 2.34. The maximum absolute atomic E-state index is 12.8. The van der Waals surface area contributed by atoms with Gasteiger partial charge in [-0.2, -0.15) is 13.2 Å². The monoisotopic (exact) mass is 478 g/mol. The van der Waals surface area contributed by atoms with E-state index in [2.05, 4.69) is 14.6 Å². The van der Waals surface area contributed by atoms with E-state index in [-0.39, 0.29) is 6.61 Å². The molecule has 3 rings (SSSR count). The van der Waals surface area contributed by atoms with Gasteiger partial charge in [-0.25, -0.2) is 9.78 Å². The number of thiazole rings is 1. The van der Waals surface area contributed by atoms with Crippen molar-refractivity contribution >= 4 is 23.0 Å². The fraction of sp³-hybridized carbons (Fsp3) is 0.333. The topological polar surface area (TPSA) is 51.7 Å². The smallest absolute Gasteiger partial charge is 0.416 e. The number of nitrogens with zero attached hydrogens (tertiary/aromatic N) is 2. The Morgan fingerprint density at radius 2 is 1.82 bits per heavy atom. The average Bonchev–Trinajstić information content (AvgIpc) is 3.16. The van der Waals surface area contributed by atoms with Gasteiger partial charge in [0.2, 0.25) is 0 Å². The fourth-order valence-electron chi connectivity index (χ4n) is 3.25. The Labute approximate surface area is 194 Å². The molecule has 0 saturated carbocycles. The Hall–Kier alpha value is -3.07. The van der Waals surface area contributed by atoms with Crippen molar-refractivity contribution in [3.05, 3.63) is 64.2 Å². The van der Waals surface area contributed by atoms with Crippen LogP contribution in [0.3, 0.4) is 0 Å². The summed E-state index contributed by atoms with van der Waals surface area (Å²) in [6.45, 7) is 7.06. The number of carbonyl (C=O) groups excluding carboxylic acids is 1. The normalized spacial score (nSPS) is 11.4. The first-order valence-electron chi connectivity index (χ1n) is 10.3. The van der Waals surface area contributed by atoms with E-state index in [0.29, 0.717) is 22.9 Å². The van der Waals surface area contributed by atoms with Gasteiger partial charge in [-0.15, -0.1) is 11.3 Å². The molecule has 0 bridgehead atoms. The Morgan fingerprint density at radius 3 is 2.39 bits per heavy atom. The molecule has 0 radical (unpaired) electrons. The number of carbonyl (C=O) groups is 1. The summed E-state index contributed by atoms with van der Waals surface area (Å²) in [5, 5.41) is 0.690. The highest BCUT2D eigenvalue weighted by atomic mass is 32.1. The van der Waals surface area contributed by atoms with E-state index in [0.717, 1.165) is 40.5 Å². The van der Waals surface area contributed by atoms with Gasteiger partial charge in [0.15, 0.2) is 6.61 Å². The van der Waals surface area contributed by atoms with Crippen LogP contribution < -0.4 is 9.64 Å². The van der Waals surface area contributed by atoms with Gasteiger partial charge in [0.1, 0.15) is 10.8 Å². The van der Waals surface area contributed by atoms with Crippen LogP contribution in [0.2, 0.25) is 0 Å². The van der Waals surface area contributed by atoms with Crippen LogP contribution in [0, 0.1) is 13.8 Å². The van der Waals surface area contributed by atoms with Crippen LogP contribution in [0.15, 0.2) is 42.5 Å². The summed E-state index contributed by atoms with van der Waals surface area (Å²) in [4.78, 5) is 19.1. The number of alkyl halides is 3. The third-order valence-electron chi connectivity index (χ3n) is 5.16. The Balaban J connectivity index is 1.76. The van der Waals surface area contributed by atoms with Gasteiger partial charge < -0.3 is 14.4 Å². The third-order valence-corrected chi connectivity index (χ3v) is 6.36. The van der Waals surface area contributed by atoms with Crippen LogP contribution in [0.5, 0.6) is 5.75 Å². The summed E-state index contributed by atoms with van der Waals surface area (Å²) >= 11 is 1.48. The summed E-state index contributed by atoms with van der Waals surface area (Å²) in [5.41, 5.74) is 2.72. The zero-order valence-electron chi connectivity index (χ0n) is 18.8. The van der Waals surface area contributed by atoms with Crippen molar-refractivity contribution in [2.45, 2.75) is 33.5 Å². The minimum Gasteiger partial charge on any atom is -0.482 e. The zero-order valence-corrected chi connectivity index (χ0v) is 19.6. The summed E-state index contributed by atoms with van der Waals surface area (Å²) in [5.74, 6) is 0.164. The van der Waals surface area contributed by atoms with Crippen LogP contribution in [-0.2, 0) is 22.3 Å². The van der Waals surface area contributed by atoms with E-state index in [1.54, 1.807) is 0 Å². The highest BCUT2D eigenvalue weighted by Gasteiger charge is 2.30. The first-order valence-corrected chi connectivity index (χ1v) is 11.1. The van der Waals surface area contributed by atoms with E-state index in [9.17, 15) is 18.0 Å². The second kappa shape index (κ2) is 10.2. The van der Waals surface area contributed by atoms with Crippen molar-refractivity contribution in [1.29, 1.82) is 0 Å². The Kier molecular flexibility index (Phi) is 7.63. The van der Waals surface area contributed by atoms with Crippen LogP contribution >= 0.6 is 11.3 Å². The standard InChI is InChI=1S/C24H25F3N2O3S/c1-5-29(19-10-11-20(15(2)12-19)32-14-22(30)31-4)13-21-16(3)28-23(33-21)17-6-8-18(9-7-17)24(25,26)27/h6-12H,5,13-14H2,1-4H3. The van der Waals surface area contributed by atoms with E-state index in [1.807, 2.05) is 39.0 Å². The second-order valence-electron chi connectivity index (χ2n) is 7.43. The van der Waals surface area contributed by atoms with Gasteiger partial charge in [-0.1, -0.05) is 12.1 Å². The number of hydrogen-bond donors (Lipinski definition) is 0. The van der Waals surface area contributed by atoms with Crippen molar-refractivity contribution < 1.29 is 27.4 Å². The van der Waals surface area contributed by atoms with Crippen LogP contribution in [0.4, 0.5) is 18.9 Å². The van der Waals surface area contributed by atoms with Crippen molar-refractivity contribution in [1.82, 2.24) is 4.98 Å². The molecule has 2 aromatic carbocycles. The van der Waals surface area contributed by atoms with E-state index < -0.39 is 17.7 Å². The lowest BCUT2D eigenvalue weighted by molar-refractivity contribution is -0.143. The predicted octanol–water partition coefficient (Wildman–Crippen LogP) is 6.02. The lowest BCUT2D eigenvalue weighted by atomic mass is 10.1. The molecule has 1 aromatic heterocycles. The summed E-state index contributed by atoms with van der Waals surface area (Å²) in [6.07, 6.45) is -4.36. The molecule has 176 valence electrons. The maximum Gasteiger partial charge on any atom is 0.416 e. The number of ether oxygens (including phenoxy) is 2. The molecule has 0 unspecified atom stereocenters. The fourth-order valence-corrected chi connectivity index (χ4v) is 4.33. The first-order chi connectivity index (χ1) is 15.6. The lowest BCUT2D eigenvalue weighted by Crippen LogP contribution is -2.22. The molecule has 0 saturated heterocycles. The summed E-state index contributed by atoms with van der Waals surface area (Å²) in [7, 11) is 1.31. The molecule has 3 aromatic rings. The molecular formula is C24H25F3N2O3S. The largest absolute Gasteiger partial charge is 0.482 e. The average molecular weight is 479 g/mol. The van der Waals surface area contributed by atoms with E-state index in [4.69, 9.17) is 4.74 Å². The van der Waals surface area contributed by atoms with Gasteiger partial charge in [0.25, 0.3) is 0 Å². The number of aryl methyl sites for hydroxylation is 2. The van der Waals surface area contributed by atoms with Crippen molar-refractivity contribution in [3.8, 4) is 16.3 Å². The minimum absolute atomic E-state index is 0.152. The van der Waals surface area contributed by atoms with E-state index >= 15 is 0 Å². The van der Waals surface area contributed by atoms with E-state index in [1.165, 1.54) is 30.6 Å². The number of aromatic nitrogens is 1. The molecule has 0 amide bonds. The molecule has 0 fully saturated rings. The molecule has 0 aliphatic heterocycles. The third kappa shape index (κ3) is 6.04. The Bertz CT molecular complexity index is 1110. The molecule has 9 heteroatoms. The molecule has 0 atom stereocenters. The predicted molar refractivity (Wildman–Crippen MR) is 123 cm³/mol. The van der Waals surface area contributed by atoms with Crippen LogP contribution in [-0.4, -0.2) is 31.2 Å². The lowest BCUT2D eigenvalue weighted by Gasteiger charge is -2.23. The molecule has 0 aliphatic rings. The zero-order chi connectivity index (χ0) is 24.2. The number of methoxy groups -OCH3 is 1. The molecular weight excluding hydrogens is 453 g/mol. The SMILES string of the molecule is CCN(Cc1sc(-c2ccc(C(F)(F)F)cc2)nc1C)c1ccc(OCC(=O)OC)c(C)c1. The minimum atomic E-state index is -4.36. The van der Waals surface area contributed by atoms with Gasteiger partial charge >= 0.3 is 12.1 Å². The number of esters is 1. The summed E-state index contributed by atoms with van der Waals surface area (Å²) < 4.78 is 48.6. The van der Waals surface area contributed by atoms with Gasteiger partial charge in [0.05, 0.1) is 24.9 Å². The van der Waals surface area contributed by atoms with Gasteiger partial charge in [-0.3, -0.25) is 0 Å². The molecule has 5 nitrogen and oxygen atoms in total. The van der Waals surface area contributed by atoms with Crippen LogP contribution in [0.1, 0.15) is 28.6 Å². The summed E-state index contributed by atoms with van der Waals surface area (Å²) in [6, 6.07) is 10.8. The van der Waals surface area contributed by atoms with Gasteiger partial charge in [0, 0.05) is 22.7 Å².